The Balaban J connectivity index is 0.00000225. The summed E-state index contributed by atoms with van der Waals surface area (Å²) in [7, 11) is 0. The molecule has 3 aromatic rings. The molecule has 0 unspecified atom stereocenters. The monoisotopic (exact) mass is 382 g/mol. The number of nitrogens with zero attached hydrogens (tertiary/aromatic N) is 1. The zero-order chi connectivity index (χ0) is 17.1. The summed E-state index contributed by atoms with van der Waals surface area (Å²) < 4.78 is 25.5. The fourth-order valence-corrected chi connectivity index (χ4v) is 2.50. The van der Waals surface area contributed by atoms with E-state index >= 15 is 0 Å². The minimum absolute atomic E-state index is 0. The van der Waals surface area contributed by atoms with Crippen LogP contribution in [0.5, 0.6) is 11.5 Å². The molecule has 0 radical (unpaired) electrons. The Morgan fingerprint density at radius 2 is 1.96 bits per heavy atom. The highest BCUT2D eigenvalue weighted by Gasteiger charge is 2.18. The maximum Gasteiger partial charge on any atom is 0.181 e. The number of hydrogen-bond donors (Lipinski definition) is 1. The lowest BCUT2D eigenvalue weighted by Gasteiger charge is -2.15. The summed E-state index contributed by atoms with van der Waals surface area (Å²) in [5.74, 6) is 0.546. The topological polar surface area (TPSA) is 61.3 Å². The Morgan fingerprint density at radius 1 is 1.24 bits per heavy atom. The molecule has 1 atom stereocenters. The minimum Gasteiger partial charge on any atom is -0.453 e. The van der Waals surface area contributed by atoms with Crippen LogP contribution in [0.2, 0.25) is 5.02 Å². The van der Waals surface area contributed by atoms with E-state index in [9.17, 15) is 4.39 Å². The van der Waals surface area contributed by atoms with Crippen LogP contribution in [0.25, 0.3) is 11.3 Å². The van der Waals surface area contributed by atoms with Crippen molar-refractivity contribution in [1.82, 2.24) is 4.98 Å². The quantitative estimate of drug-likeness (QED) is 0.609. The van der Waals surface area contributed by atoms with E-state index in [1.165, 1.54) is 6.39 Å². The number of halogens is 3. The third-order valence-corrected chi connectivity index (χ3v) is 4.01. The number of aromatic nitrogens is 1. The van der Waals surface area contributed by atoms with Crippen LogP contribution >= 0.6 is 24.0 Å². The predicted molar refractivity (Wildman–Crippen MR) is 97.9 cm³/mol. The van der Waals surface area contributed by atoms with Gasteiger partial charge in [0.25, 0.3) is 0 Å². The maximum absolute atomic E-state index is 14.6. The molecule has 2 aromatic carbocycles. The van der Waals surface area contributed by atoms with Gasteiger partial charge >= 0.3 is 0 Å². The van der Waals surface area contributed by atoms with Gasteiger partial charge in [0.1, 0.15) is 5.75 Å². The summed E-state index contributed by atoms with van der Waals surface area (Å²) in [4.78, 5) is 3.87. The van der Waals surface area contributed by atoms with Gasteiger partial charge in [-0.05, 0) is 36.8 Å². The van der Waals surface area contributed by atoms with Crippen LogP contribution < -0.4 is 10.5 Å². The second-order valence-corrected chi connectivity index (χ2v) is 5.69. The molecule has 0 aliphatic carbocycles. The van der Waals surface area contributed by atoms with Gasteiger partial charge in [-0.1, -0.05) is 24.6 Å². The lowest BCUT2D eigenvalue weighted by molar-refractivity contribution is 0.434. The Hall–Kier alpha value is -2.08. The van der Waals surface area contributed by atoms with Gasteiger partial charge in [0, 0.05) is 17.2 Å². The van der Waals surface area contributed by atoms with Crippen molar-refractivity contribution in [2.24, 2.45) is 5.73 Å². The Bertz CT molecular complexity index is 824. The van der Waals surface area contributed by atoms with Gasteiger partial charge in [0.05, 0.1) is 11.2 Å². The summed E-state index contributed by atoms with van der Waals surface area (Å²) >= 11 is 6.08. The highest BCUT2D eigenvalue weighted by atomic mass is 35.5. The molecule has 0 amide bonds. The van der Waals surface area contributed by atoms with E-state index in [4.69, 9.17) is 26.5 Å². The minimum atomic E-state index is -0.531. The first-order chi connectivity index (χ1) is 11.6. The molecule has 0 spiro atoms. The first kappa shape index (κ1) is 19.2. The van der Waals surface area contributed by atoms with Gasteiger partial charge in [-0.2, -0.15) is 0 Å². The standard InChI is InChI=1S/C18H16ClFN2O2.ClH/c1-2-15(21)13-7-8-14(19)18(17(13)20)24-12-5-3-11(4-6-12)16-9-22-10-23-16;/h3-10,15H,2,21H2,1H3;1H/t15-;/m1./s1. The average molecular weight is 383 g/mol. The zero-order valence-electron chi connectivity index (χ0n) is 13.4. The Kier molecular flexibility index (Phi) is 6.42. The number of nitrogens with two attached hydrogens (primary N) is 1. The smallest absolute Gasteiger partial charge is 0.181 e. The van der Waals surface area contributed by atoms with Crippen LogP contribution in [-0.2, 0) is 0 Å². The Morgan fingerprint density at radius 3 is 2.56 bits per heavy atom. The van der Waals surface area contributed by atoms with Crippen LogP contribution in [0, 0.1) is 5.82 Å². The van der Waals surface area contributed by atoms with Crippen molar-refractivity contribution in [2.45, 2.75) is 19.4 Å². The molecule has 3 rings (SSSR count). The van der Waals surface area contributed by atoms with Crippen molar-refractivity contribution in [1.29, 1.82) is 0 Å². The van der Waals surface area contributed by atoms with E-state index in [2.05, 4.69) is 4.98 Å². The summed E-state index contributed by atoms with van der Waals surface area (Å²) in [6.45, 7) is 1.89. The van der Waals surface area contributed by atoms with Gasteiger partial charge in [-0.15, -0.1) is 12.4 Å². The molecule has 0 saturated carbocycles. The first-order valence-electron chi connectivity index (χ1n) is 7.50. The van der Waals surface area contributed by atoms with Gasteiger partial charge in [-0.3, -0.25) is 0 Å². The van der Waals surface area contributed by atoms with Crippen LogP contribution in [-0.4, -0.2) is 4.98 Å². The number of hydrogen-bond acceptors (Lipinski definition) is 4. The molecule has 25 heavy (non-hydrogen) atoms. The highest BCUT2D eigenvalue weighted by Crippen LogP contribution is 2.36. The molecule has 0 fully saturated rings. The molecule has 1 aromatic heterocycles. The van der Waals surface area contributed by atoms with Crippen molar-refractivity contribution in [2.75, 3.05) is 0 Å². The van der Waals surface area contributed by atoms with Gasteiger partial charge in [-0.25, -0.2) is 9.37 Å². The SMILES string of the molecule is CC[C@@H](N)c1ccc(Cl)c(Oc2ccc(-c3cnco3)cc2)c1F.Cl. The van der Waals surface area contributed by atoms with Crippen molar-refractivity contribution >= 4 is 24.0 Å². The lowest BCUT2D eigenvalue weighted by atomic mass is 10.0. The van der Waals surface area contributed by atoms with Crippen molar-refractivity contribution in [3.8, 4) is 22.8 Å². The van der Waals surface area contributed by atoms with Crippen LogP contribution in [0.3, 0.4) is 0 Å². The molecule has 132 valence electrons. The summed E-state index contributed by atoms with van der Waals surface area (Å²) in [5, 5.41) is 0.193. The van der Waals surface area contributed by atoms with E-state index in [-0.39, 0.29) is 23.2 Å². The van der Waals surface area contributed by atoms with Crippen LogP contribution in [0.4, 0.5) is 4.39 Å². The average Bonchev–Trinajstić information content (AvgIpc) is 3.13. The largest absolute Gasteiger partial charge is 0.453 e. The fourth-order valence-electron chi connectivity index (χ4n) is 2.31. The van der Waals surface area contributed by atoms with Gasteiger partial charge < -0.3 is 14.9 Å². The molecule has 0 aliphatic rings. The van der Waals surface area contributed by atoms with E-state index in [1.807, 2.05) is 6.92 Å². The second-order valence-electron chi connectivity index (χ2n) is 5.29. The molecule has 7 heteroatoms. The van der Waals surface area contributed by atoms with E-state index in [0.29, 0.717) is 23.5 Å². The molecular formula is C18H17Cl2FN2O2. The highest BCUT2D eigenvalue weighted by molar-refractivity contribution is 6.32. The fraction of sp³-hybridized carbons (Fsp3) is 0.167. The molecule has 0 bridgehead atoms. The van der Waals surface area contributed by atoms with E-state index < -0.39 is 11.9 Å². The number of oxazole rings is 1. The molecule has 0 saturated heterocycles. The number of benzene rings is 2. The third kappa shape index (κ3) is 4.12. The number of ether oxygens (including phenoxy) is 1. The second kappa shape index (κ2) is 8.34. The lowest BCUT2D eigenvalue weighted by Crippen LogP contribution is -2.11. The van der Waals surface area contributed by atoms with Crippen molar-refractivity contribution in [3.05, 3.63) is 65.4 Å². The molecule has 4 nitrogen and oxygen atoms in total. The first-order valence-corrected chi connectivity index (χ1v) is 7.88. The van der Waals surface area contributed by atoms with Crippen LogP contribution in [0.1, 0.15) is 24.9 Å². The molecular weight excluding hydrogens is 366 g/mol. The molecule has 2 N–H and O–H groups in total. The third-order valence-electron chi connectivity index (χ3n) is 3.71. The zero-order valence-corrected chi connectivity index (χ0v) is 15.0. The predicted octanol–water partition coefficient (Wildman–Crippen LogP) is 5.76. The summed E-state index contributed by atoms with van der Waals surface area (Å²) in [6.07, 6.45) is 3.59. The van der Waals surface area contributed by atoms with Crippen LogP contribution in [0.15, 0.2) is 53.4 Å². The van der Waals surface area contributed by atoms with Crippen molar-refractivity contribution in [3.63, 3.8) is 0 Å². The Labute approximate surface area is 156 Å². The van der Waals surface area contributed by atoms with E-state index in [1.54, 1.807) is 42.6 Å². The van der Waals surface area contributed by atoms with Gasteiger partial charge in [0.15, 0.2) is 23.7 Å². The maximum atomic E-state index is 14.6. The molecule has 1 heterocycles. The van der Waals surface area contributed by atoms with Gasteiger partial charge in [0.2, 0.25) is 0 Å². The normalized spacial score (nSPS) is 11.7. The van der Waals surface area contributed by atoms with E-state index in [0.717, 1.165) is 5.56 Å². The molecule has 0 aliphatic heterocycles. The number of rotatable bonds is 5. The summed E-state index contributed by atoms with van der Waals surface area (Å²) in [5.41, 5.74) is 7.15. The summed E-state index contributed by atoms with van der Waals surface area (Å²) in [6, 6.07) is 9.78. The van der Waals surface area contributed by atoms with Crippen molar-refractivity contribution < 1.29 is 13.5 Å².